The summed E-state index contributed by atoms with van der Waals surface area (Å²) in [5.41, 5.74) is 1.53. The Morgan fingerprint density at radius 1 is 1.35 bits per heavy atom. The summed E-state index contributed by atoms with van der Waals surface area (Å²) in [7, 11) is 0. The van der Waals surface area contributed by atoms with E-state index < -0.39 is 0 Å². The Balaban J connectivity index is 2.02. The maximum Gasteiger partial charge on any atom is 0.0992 e. The minimum Gasteiger partial charge on any atom is -0.381 e. The Bertz CT molecular complexity index is 493. The van der Waals surface area contributed by atoms with Gasteiger partial charge in [-0.3, -0.25) is 0 Å². The van der Waals surface area contributed by atoms with Crippen molar-refractivity contribution >= 4 is 17.3 Å². The van der Waals surface area contributed by atoms with E-state index in [4.69, 9.17) is 16.9 Å². The molecule has 1 saturated heterocycles. The van der Waals surface area contributed by atoms with Crippen LogP contribution < -0.4 is 5.32 Å². The van der Waals surface area contributed by atoms with E-state index in [1.807, 2.05) is 6.07 Å². The maximum atomic E-state index is 8.97. The molecule has 0 amide bonds. The lowest BCUT2D eigenvalue weighted by Crippen LogP contribution is -2.32. The summed E-state index contributed by atoms with van der Waals surface area (Å²) in [6, 6.07) is 8.59. The molecule has 20 heavy (non-hydrogen) atoms. The second-order valence-corrected chi connectivity index (χ2v) is 6.12. The molecular formula is C16H22ClN3. The van der Waals surface area contributed by atoms with Gasteiger partial charge < -0.3 is 10.2 Å². The number of hydrogen-bond donors (Lipinski definition) is 1. The van der Waals surface area contributed by atoms with Gasteiger partial charge in [0.1, 0.15) is 0 Å². The molecule has 1 aromatic carbocycles. The van der Waals surface area contributed by atoms with Crippen molar-refractivity contribution in [3.05, 3.63) is 28.8 Å². The molecule has 108 valence electrons. The van der Waals surface area contributed by atoms with Crippen LogP contribution >= 0.6 is 11.6 Å². The van der Waals surface area contributed by atoms with E-state index in [-0.39, 0.29) is 0 Å². The number of benzene rings is 1. The van der Waals surface area contributed by atoms with E-state index in [0.29, 0.717) is 22.7 Å². The highest BCUT2D eigenvalue weighted by atomic mass is 35.5. The molecule has 0 aliphatic carbocycles. The van der Waals surface area contributed by atoms with Gasteiger partial charge in [0.05, 0.1) is 22.3 Å². The molecule has 0 aromatic heterocycles. The zero-order chi connectivity index (χ0) is 14.5. The van der Waals surface area contributed by atoms with Crippen LogP contribution in [0, 0.1) is 11.3 Å². The molecule has 0 radical (unpaired) electrons. The minimum absolute atomic E-state index is 0.435. The largest absolute Gasteiger partial charge is 0.381 e. The highest BCUT2D eigenvalue weighted by Gasteiger charge is 2.19. The summed E-state index contributed by atoms with van der Waals surface area (Å²) in [5, 5.41) is 13.2. The number of rotatable bonds is 3. The van der Waals surface area contributed by atoms with Crippen LogP contribution in [0.3, 0.4) is 0 Å². The Morgan fingerprint density at radius 3 is 2.85 bits per heavy atom. The molecule has 1 atom stereocenters. The number of hydrogen-bond acceptors (Lipinski definition) is 3. The van der Waals surface area contributed by atoms with Crippen molar-refractivity contribution in [2.45, 2.75) is 45.2 Å². The summed E-state index contributed by atoms with van der Waals surface area (Å²) in [4.78, 5) is 2.52. The SMILES string of the molecule is CC(C)N1CCCC(Nc2cc(C#N)ccc2Cl)CC1. The maximum absolute atomic E-state index is 8.97. The van der Waals surface area contributed by atoms with Crippen molar-refractivity contribution in [3.63, 3.8) is 0 Å². The molecule has 2 rings (SSSR count). The van der Waals surface area contributed by atoms with Gasteiger partial charge in [0, 0.05) is 18.6 Å². The Kier molecular flexibility index (Phi) is 5.28. The summed E-state index contributed by atoms with van der Waals surface area (Å²) in [6.45, 7) is 6.79. The molecule has 1 N–H and O–H groups in total. The van der Waals surface area contributed by atoms with Crippen LogP contribution in [-0.4, -0.2) is 30.1 Å². The molecule has 1 aliphatic rings. The average molecular weight is 292 g/mol. The molecule has 1 unspecified atom stereocenters. The van der Waals surface area contributed by atoms with Crippen molar-refractivity contribution in [3.8, 4) is 6.07 Å². The molecule has 1 aliphatic heterocycles. The van der Waals surface area contributed by atoms with Gasteiger partial charge in [0.15, 0.2) is 0 Å². The lowest BCUT2D eigenvalue weighted by Gasteiger charge is -2.24. The van der Waals surface area contributed by atoms with Crippen molar-refractivity contribution in [2.75, 3.05) is 18.4 Å². The summed E-state index contributed by atoms with van der Waals surface area (Å²) >= 11 is 6.21. The van der Waals surface area contributed by atoms with E-state index in [0.717, 1.165) is 25.1 Å². The molecule has 0 saturated carbocycles. The second-order valence-electron chi connectivity index (χ2n) is 5.71. The van der Waals surface area contributed by atoms with Crippen LogP contribution in [0.15, 0.2) is 18.2 Å². The van der Waals surface area contributed by atoms with Crippen molar-refractivity contribution in [2.24, 2.45) is 0 Å². The molecule has 0 bridgehead atoms. The van der Waals surface area contributed by atoms with E-state index >= 15 is 0 Å². The fourth-order valence-electron chi connectivity index (χ4n) is 2.70. The van der Waals surface area contributed by atoms with Gasteiger partial charge in [-0.15, -0.1) is 0 Å². The highest BCUT2D eigenvalue weighted by Crippen LogP contribution is 2.26. The van der Waals surface area contributed by atoms with Gasteiger partial charge in [-0.25, -0.2) is 0 Å². The van der Waals surface area contributed by atoms with Crippen LogP contribution in [0.1, 0.15) is 38.7 Å². The first-order valence-corrected chi connectivity index (χ1v) is 7.68. The van der Waals surface area contributed by atoms with Gasteiger partial charge >= 0.3 is 0 Å². The first kappa shape index (κ1) is 15.2. The molecule has 1 aromatic rings. The number of nitrogens with zero attached hydrogens (tertiary/aromatic N) is 2. The fraction of sp³-hybridized carbons (Fsp3) is 0.562. The lowest BCUT2D eigenvalue weighted by molar-refractivity contribution is 0.230. The third kappa shape index (κ3) is 3.88. The Hall–Kier alpha value is -1.24. The summed E-state index contributed by atoms with van der Waals surface area (Å²) < 4.78 is 0. The molecule has 4 heteroatoms. The number of nitriles is 1. The Labute approximate surface area is 126 Å². The number of nitrogens with one attached hydrogen (secondary N) is 1. The quantitative estimate of drug-likeness (QED) is 0.918. The normalized spacial score (nSPS) is 20.4. The van der Waals surface area contributed by atoms with Gasteiger partial charge in [-0.05, 0) is 57.9 Å². The monoisotopic (exact) mass is 291 g/mol. The van der Waals surface area contributed by atoms with E-state index in [1.165, 1.54) is 13.0 Å². The minimum atomic E-state index is 0.435. The van der Waals surface area contributed by atoms with Crippen molar-refractivity contribution < 1.29 is 0 Å². The van der Waals surface area contributed by atoms with E-state index in [9.17, 15) is 0 Å². The topological polar surface area (TPSA) is 39.1 Å². The zero-order valence-corrected chi connectivity index (χ0v) is 13.0. The molecule has 0 spiro atoms. The van der Waals surface area contributed by atoms with Crippen LogP contribution in [0.4, 0.5) is 5.69 Å². The summed E-state index contributed by atoms with van der Waals surface area (Å²) in [5.74, 6) is 0. The van der Waals surface area contributed by atoms with Gasteiger partial charge in [-0.2, -0.15) is 5.26 Å². The van der Waals surface area contributed by atoms with Gasteiger partial charge in [0.2, 0.25) is 0 Å². The molecule has 3 nitrogen and oxygen atoms in total. The molecule has 1 heterocycles. The second kappa shape index (κ2) is 6.97. The van der Waals surface area contributed by atoms with Crippen LogP contribution in [-0.2, 0) is 0 Å². The first-order chi connectivity index (χ1) is 9.60. The first-order valence-electron chi connectivity index (χ1n) is 7.30. The smallest absolute Gasteiger partial charge is 0.0992 e. The predicted molar refractivity (Wildman–Crippen MR) is 84.1 cm³/mol. The third-order valence-electron chi connectivity index (χ3n) is 3.95. The Morgan fingerprint density at radius 2 is 2.15 bits per heavy atom. The highest BCUT2D eigenvalue weighted by molar-refractivity contribution is 6.33. The predicted octanol–water partition coefficient (Wildman–Crippen LogP) is 3.89. The van der Waals surface area contributed by atoms with Crippen LogP contribution in [0.2, 0.25) is 5.02 Å². The van der Waals surface area contributed by atoms with Crippen LogP contribution in [0.5, 0.6) is 0 Å². The number of halogens is 1. The lowest BCUT2D eigenvalue weighted by atomic mass is 10.1. The number of likely N-dealkylation sites (tertiary alicyclic amines) is 1. The standard InChI is InChI=1S/C16H22ClN3/c1-12(2)20-8-3-4-14(7-9-20)19-16-10-13(11-18)5-6-15(16)17/h5-6,10,12,14,19H,3-4,7-9H2,1-2H3. The van der Waals surface area contributed by atoms with E-state index in [1.54, 1.807) is 12.1 Å². The van der Waals surface area contributed by atoms with Gasteiger partial charge in [-0.1, -0.05) is 11.6 Å². The van der Waals surface area contributed by atoms with E-state index in [2.05, 4.69) is 30.1 Å². The van der Waals surface area contributed by atoms with Crippen molar-refractivity contribution in [1.29, 1.82) is 5.26 Å². The fourth-order valence-corrected chi connectivity index (χ4v) is 2.88. The van der Waals surface area contributed by atoms with Crippen molar-refractivity contribution in [1.82, 2.24) is 4.90 Å². The third-order valence-corrected chi connectivity index (χ3v) is 4.28. The van der Waals surface area contributed by atoms with Crippen LogP contribution in [0.25, 0.3) is 0 Å². The summed E-state index contributed by atoms with van der Waals surface area (Å²) in [6.07, 6.45) is 3.47. The number of anilines is 1. The van der Waals surface area contributed by atoms with Gasteiger partial charge in [0.25, 0.3) is 0 Å². The molecular weight excluding hydrogens is 270 g/mol. The molecule has 1 fully saturated rings. The average Bonchev–Trinajstić information content (AvgIpc) is 2.67. The zero-order valence-electron chi connectivity index (χ0n) is 12.2.